The number of amides is 2. The van der Waals surface area contributed by atoms with Gasteiger partial charge in [0.25, 0.3) is 11.8 Å². The van der Waals surface area contributed by atoms with Crippen molar-refractivity contribution in [3.05, 3.63) is 94.0 Å². The van der Waals surface area contributed by atoms with Crippen molar-refractivity contribution >= 4 is 34.9 Å². The van der Waals surface area contributed by atoms with Crippen molar-refractivity contribution in [2.45, 2.75) is 19.6 Å². The number of carbonyl (C=O) groups excluding carboxylic acids is 2. The van der Waals surface area contributed by atoms with E-state index in [1.54, 1.807) is 60.7 Å². The summed E-state index contributed by atoms with van der Waals surface area (Å²) in [4.78, 5) is 27.9. The highest BCUT2D eigenvalue weighted by molar-refractivity contribution is 6.33. The summed E-state index contributed by atoms with van der Waals surface area (Å²) in [7, 11) is 3.82. The number of nitrogen functional groups attached to an aromatic ring is 1. The van der Waals surface area contributed by atoms with Crippen LogP contribution in [0.25, 0.3) is 0 Å². The number of anilines is 1. The molecule has 0 aliphatic heterocycles. The first-order valence-corrected chi connectivity index (χ1v) is 12.6. The van der Waals surface area contributed by atoms with Gasteiger partial charge in [-0.2, -0.15) is 0 Å². The van der Waals surface area contributed by atoms with Crippen LogP contribution in [0.3, 0.4) is 0 Å². The second-order valence-electron chi connectivity index (χ2n) is 8.85. The lowest BCUT2D eigenvalue weighted by atomic mass is 10.0. The van der Waals surface area contributed by atoms with Crippen molar-refractivity contribution < 1.29 is 19.1 Å². The van der Waals surface area contributed by atoms with Gasteiger partial charge in [0.05, 0.1) is 30.5 Å². The molecule has 1 unspecified atom stereocenters. The summed E-state index contributed by atoms with van der Waals surface area (Å²) in [5.74, 6) is -0.557. The number of benzene rings is 3. The number of amidine groups is 1. The Morgan fingerprint density at radius 3 is 2.41 bits per heavy atom. The number of ether oxygens (including phenoxy) is 2. The van der Waals surface area contributed by atoms with Crippen LogP contribution in [0.5, 0.6) is 5.75 Å². The summed E-state index contributed by atoms with van der Waals surface area (Å²) in [5.41, 5.74) is 13.3. The summed E-state index contributed by atoms with van der Waals surface area (Å²) in [5, 5.41) is 11.1. The lowest BCUT2D eigenvalue weighted by molar-refractivity contribution is -0.122. The van der Waals surface area contributed by atoms with E-state index < -0.39 is 17.9 Å². The van der Waals surface area contributed by atoms with E-state index in [1.807, 2.05) is 32.0 Å². The molecule has 0 radical (unpaired) electrons. The molecule has 0 saturated carbocycles. The lowest BCUT2D eigenvalue weighted by Gasteiger charge is -2.22. The molecule has 0 heterocycles. The zero-order valence-electron chi connectivity index (χ0n) is 22.1. The monoisotopic (exact) mass is 552 g/mol. The molecule has 0 fully saturated rings. The normalized spacial score (nSPS) is 11.5. The third kappa shape index (κ3) is 8.44. The SMILES string of the molecule is CCOc1cc(C(Nc2ccc(C(=N)N)cc2)C(=O)NNC(=O)c2ccccc2Cl)ccc1COCN(C)C. The molecule has 206 valence electrons. The van der Waals surface area contributed by atoms with Crippen LogP contribution in [-0.2, 0) is 16.1 Å². The number of nitrogens with two attached hydrogens (primary N) is 1. The molecule has 3 aromatic carbocycles. The quantitative estimate of drug-likeness (QED) is 0.0998. The van der Waals surface area contributed by atoms with Gasteiger partial charge in [-0.1, -0.05) is 35.9 Å². The first kappa shape index (κ1) is 29.4. The van der Waals surface area contributed by atoms with Gasteiger partial charge in [-0.25, -0.2) is 0 Å². The minimum Gasteiger partial charge on any atom is -0.493 e. The predicted molar refractivity (Wildman–Crippen MR) is 152 cm³/mol. The van der Waals surface area contributed by atoms with Crippen LogP contribution in [0.2, 0.25) is 5.02 Å². The molecule has 0 aromatic heterocycles. The molecule has 0 aliphatic rings. The second kappa shape index (κ2) is 14.1. The van der Waals surface area contributed by atoms with Crippen LogP contribution >= 0.6 is 11.6 Å². The fourth-order valence-electron chi connectivity index (χ4n) is 3.61. The number of nitrogens with zero attached hydrogens (tertiary/aromatic N) is 1. The molecule has 1 atom stereocenters. The summed E-state index contributed by atoms with van der Waals surface area (Å²) >= 11 is 6.11. The summed E-state index contributed by atoms with van der Waals surface area (Å²) in [6, 6.07) is 17.8. The van der Waals surface area contributed by atoms with Crippen LogP contribution in [-0.4, -0.2) is 50.0 Å². The zero-order valence-corrected chi connectivity index (χ0v) is 22.8. The molecule has 10 nitrogen and oxygen atoms in total. The van der Waals surface area contributed by atoms with E-state index in [-0.39, 0.29) is 16.4 Å². The smallest absolute Gasteiger partial charge is 0.271 e. The Kier molecular flexibility index (Phi) is 10.7. The van der Waals surface area contributed by atoms with Crippen molar-refractivity contribution in [1.82, 2.24) is 15.8 Å². The van der Waals surface area contributed by atoms with E-state index in [9.17, 15) is 9.59 Å². The van der Waals surface area contributed by atoms with Crippen LogP contribution in [0.4, 0.5) is 5.69 Å². The van der Waals surface area contributed by atoms with E-state index in [0.29, 0.717) is 42.5 Å². The van der Waals surface area contributed by atoms with Gasteiger partial charge in [-0.05, 0) is 69.0 Å². The van der Waals surface area contributed by atoms with Crippen LogP contribution in [0.1, 0.15) is 40.0 Å². The van der Waals surface area contributed by atoms with Crippen LogP contribution in [0, 0.1) is 5.41 Å². The molecule has 0 saturated heterocycles. The summed E-state index contributed by atoms with van der Waals surface area (Å²) in [6.07, 6.45) is 0. The van der Waals surface area contributed by atoms with Gasteiger partial charge in [-0.3, -0.25) is 30.7 Å². The molecule has 0 aliphatic carbocycles. The Hall–Kier alpha value is -4.12. The maximum Gasteiger partial charge on any atom is 0.271 e. The number of hydrogen-bond donors (Lipinski definition) is 5. The molecule has 6 N–H and O–H groups in total. The molecule has 39 heavy (non-hydrogen) atoms. The minimum atomic E-state index is -0.921. The van der Waals surface area contributed by atoms with Crippen molar-refractivity contribution in [1.29, 1.82) is 5.41 Å². The van der Waals surface area contributed by atoms with Gasteiger partial charge >= 0.3 is 0 Å². The molecule has 0 spiro atoms. The first-order chi connectivity index (χ1) is 18.7. The van der Waals surface area contributed by atoms with Gasteiger partial charge in [0.15, 0.2) is 0 Å². The van der Waals surface area contributed by atoms with E-state index >= 15 is 0 Å². The molecule has 2 amide bonds. The van der Waals surface area contributed by atoms with Gasteiger partial charge < -0.3 is 20.5 Å². The average molecular weight is 553 g/mol. The largest absolute Gasteiger partial charge is 0.493 e. The van der Waals surface area contributed by atoms with Crippen molar-refractivity contribution in [2.75, 3.05) is 32.7 Å². The van der Waals surface area contributed by atoms with E-state index in [2.05, 4.69) is 16.2 Å². The third-order valence-corrected chi connectivity index (χ3v) is 5.85. The number of hydrazine groups is 1. The number of carbonyl (C=O) groups is 2. The van der Waals surface area contributed by atoms with Crippen molar-refractivity contribution in [3.63, 3.8) is 0 Å². The van der Waals surface area contributed by atoms with Gasteiger partial charge in [0.2, 0.25) is 0 Å². The summed E-state index contributed by atoms with van der Waals surface area (Å²) in [6.45, 7) is 3.08. The zero-order chi connectivity index (χ0) is 28.4. The standard InChI is InChI=1S/C28H33ClN6O4/c1-4-39-24-15-19(9-10-20(24)16-38-17-35(2)3)25(32-21-13-11-18(12-14-21)26(30)31)28(37)34-33-27(36)22-7-5-6-8-23(22)29/h5-15,25,32H,4,16-17H2,1-3H3,(H3,30,31)(H,33,36)(H,34,37). The molecular weight excluding hydrogens is 520 g/mol. The van der Waals surface area contributed by atoms with Gasteiger partial charge in [-0.15, -0.1) is 0 Å². The maximum absolute atomic E-state index is 13.4. The second-order valence-corrected chi connectivity index (χ2v) is 9.26. The highest BCUT2D eigenvalue weighted by Crippen LogP contribution is 2.28. The Morgan fingerprint density at radius 1 is 1.05 bits per heavy atom. The van der Waals surface area contributed by atoms with E-state index in [1.165, 1.54) is 0 Å². The maximum atomic E-state index is 13.4. The third-order valence-electron chi connectivity index (χ3n) is 5.52. The topological polar surface area (TPSA) is 142 Å². The van der Waals surface area contributed by atoms with Crippen LogP contribution in [0.15, 0.2) is 66.7 Å². The van der Waals surface area contributed by atoms with Gasteiger partial charge in [0, 0.05) is 16.8 Å². The molecule has 0 bridgehead atoms. The minimum absolute atomic E-state index is 0.0634. The number of hydrogen-bond acceptors (Lipinski definition) is 7. The fraction of sp³-hybridized carbons (Fsp3) is 0.250. The van der Waals surface area contributed by atoms with Crippen molar-refractivity contribution in [2.24, 2.45) is 5.73 Å². The number of nitrogens with one attached hydrogen (secondary N) is 4. The predicted octanol–water partition coefficient (Wildman–Crippen LogP) is 3.67. The average Bonchev–Trinajstić information content (AvgIpc) is 2.91. The van der Waals surface area contributed by atoms with Crippen molar-refractivity contribution in [3.8, 4) is 5.75 Å². The first-order valence-electron chi connectivity index (χ1n) is 12.2. The van der Waals surface area contributed by atoms with E-state index in [0.717, 1.165) is 5.56 Å². The molecule has 11 heteroatoms. The van der Waals surface area contributed by atoms with E-state index in [4.69, 9.17) is 32.2 Å². The Morgan fingerprint density at radius 2 is 1.77 bits per heavy atom. The lowest BCUT2D eigenvalue weighted by Crippen LogP contribution is -2.45. The van der Waals surface area contributed by atoms with Gasteiger partial charge in [0.1, 0.15) is 17.6 Å². The fourth-order valence-corrected chi connectivity index (χ4v) is 3.84. The highest BCUT2D eigenvalue weighted by Gasteiger charge is 2.23. The molecule has 3 rings (SSSR count). The highest BCUT2D eigenvalue weighted by atomic mass is 35.5. The Bertz CT molecular complexity index is 1300. The Labute approximate surface area is 232 Å². The summed E-state index contributed by atoms with van der Waals surface area (Å²) < 4.78 is 11.6. The molecular formula is C28H33ClN6O4. The number of halogens is 1. The Balaban J connectivity index is 1.87. The van der Waals surface area contributed by atoms with Crippen LogP contribution < -0.4 is 26.6 Å². The number of rotatable bonds is 12. The molecule has 3 aromatic rings.